The molecule has 154 valence electrons. The molecule has 0 saturated carbocycles. The summed E-state index contributed by atoms with van der Waals surface area (Å²) >= 11 is 0. The van der Waals surface area contributed by atoms with Crippen molar-refractivity contribution in [2.24, 2.45) is 10.5 Å². The van der Waals surface area contributed by atoms with Gasteiger partial charge >= 0.3 is 0 Å². The lowest BCUT2D eigenvalue weighted by Gasteiger charge is -2.21. The zero-order valence-electron chi connectivity index (χ0n) is 17.9. The summed E-state index contributed by atoms with van der Waals surface area (Å²) in [6.07, 6.45) is 0.0424. The van der Waals surface area contributed by atoms with Crippen LogP contribution in [0, 0.1) is 5.41 Å². The predicted octanol–water partition coefficient (Wildman–Crippen LogP) is 4.38. The number of amides is 1. The van der Waals surface area contributed by atoms with Gasteiger partial charge in [0, 0.05) is 16.5 Å². The first kappa shape index (κ1) is 20.7. The van der Waals surface area contributed by atoms with Crippen molar-refractivity contribution in [1.29, 1.82) is 0 Å². The molecule has 0 bridgehead atoms. The molecule has 6 heteroatoms. The topological polar surface area (TPSA) is 60.4 Å². The maximum Gasteiger partial charge on any atom is 0.274 e. The first-order valence-electron chi connectivity index (χ1n) is 9.65. The molecule has 29 heavy (non-hydrogen) atoms. The molecule has 3 rings (SSSR count). The maximum atomic E-state index is 13.1. The number of methoxy groups -OCH3 is 2. The number of nitrogens with zero attached hydrogens (tertiary/aromatic N) is 2. The van der Waals surface area contributed by atoms with E-state index >= 15 is 0 Å². The Labute approximate surface area is 172 Å². The number of hydrazone groups is 1. The highest BCUT2D eigenvalue weighted by Gasteiger charge is 2.38. The number of hydrogen-bond acceptors (Lipinski definition) is 5. The first-order chi connectivity index (χ1) is 13.7. The van der Waals surface area contributed by atoms with Crippen molar-refractivity contribution in [3.8, 4) is 17.2 Å². The van der Waals surface area contributed by atoms with Crippen molar-refractivity contribution in [1.82, 2.24) is 5.01 Å². The Morgan fingerprint density at radius 2 is 1.79 bits per heavy atom. The Kier molecular flexibility index (Phi) is 5.82. The smallest absolute Gasteiger partial charge is 0.274 e. The molecule has 1 aliphatic rings. The standard InChI is InChI=1S/C23H28N2O4/c1-15(2)29-18-9-7-8-17(12-18)22(26)25-14-23(3,4)21(24-25)16-10-11-19(27-5)20(13-16)28-6/h7-13,15H,14H2,1-6H3. The van der Waals surface area contributed by atoms with E-state index in [-0.39, 0.29) is 17.4 Å². The Morgan fingerprint density at radius 1 is 1.07 bits per heavy atom. The molecule has 1 heterocycles. The first-order valence-corrected chi connectivity index (χ1v) is 9.65. The number of ether oxygens (including phenoxy) is 3. The Morgan fingerprint density at radius 3 is 2.45 bits per heavy atom. The van der Waals surface area contributed by atoms with Gasteiger partial charge in [0.25, 0.3) is 5.91 Å². The van der Waals surface area contributed by atoms with Gasteiger partial charge in [-0.1, -0.05) is 19.9 Å². The molecule has 0 radical (unpaired) electrons. The molecule has 2 aromatic carbocycles. The SMILES string of the molecule is COc1ccc(C2=NN(C(=O)c3cccc(OC(C)C)c3)CC2(C)C)cc1OC. The van der Waals surface area contributed by atoms with Gasteiger partial charge in [-0.2, -0.15) is 5.10 Å². The van der Waals surface area contributed by atoms with Crippen molar-refractivity contribution in [3.05, 3.63) is 53.6 Å². The molecular formula is C23H28N2O4. The molecule has 0 aromatic heterocycles. The molecule has 6 nitrogen and oxygen atoms in total. The van der Waals surface area contributed by atoms with Crippen LogP contribution in [0.25, 0.3) is 0 Å². The van der Waals surface area contributed by atoms with E-state index in [0.29, 0.717) is 29.4 Å². The number of benzene rings is 2. The summed E-state index contributed by atoms with van der Waals surface area (Å²) in [5.74, 6) is 1.81. The highest BCUT2D eigenvalue weighted by atomic mass is 16.5. The normalized spacial score (nSPS) is 15.3. The minimum absolute atomic E-state index is 0.0424. The number of carbonyl (C=O) groups excluding carboxylic acids is 1. The lowest BCUT2D eigenvalue weighted by atomic mass is 9.84. The molecule has 0 aliphatic carbocycles. The van der Waals surface area contributed by atoms with Crippen LogP contribution in [-0.4, -0.2) is 43.5 Å². The molecule has 1 amide bonds. The van der Waals surface area contributed by atoms with E-state index in [1.807, 2.05) is 44.2 Å². The van der Waals surface area contributed by atoms with Crippen LogP contribution >= 0.6 is 0 Å². The summed E-state index contributed by atoms with van der Waals surface area (Å²) in [4.78, 5) is 13.1. The number of rotatable bonds is 6. The lowest BCUT2D eigenvalue weighted by Crippen LogP contribution is -2.31. The molecule has 2 aromatic rings. The van der Waals surface area contributed by atoms with Crippen molar-refractivity contribution in [2.75, 3.05) is 20.8 Å². The zero-order valence-corrected chi connectivity index (χ0v) is 17.9. The minimum atomic E-state index is -0.304. The summed E-state index contributed by atoms with van der Waals surface area (Å²) in [5.41, 5.74) is 1.99. The molecule has 0 fully saturated rings. The Bertz CT molecular complexity index is 934. The quantitative estimate of drug-likeness (QED) is 0.727. The van der Waals surface area contributed by atoms with Gasteiger partial charge in [-0.05, 0) is 50.2 Å². The molecule has 0 unspecified atom stereocenters. The highest BCUT2D eigenvalue weighted by molar-refractivity contribution is 6.08. The minimum Gasteiger partial charge on any atom is -0.493 e. The second-order valence-corrected chi connectivity index (χ2v) is 7.96. The zero-order chi connectivity index (χ0) is 21.2. The van der Waals surface area contributed by atoms with Crippen molar-refractivity contribution < 1.29 is 19.0 Å². The van der Waals surface area contributed by atoms with E-state index in [4.69, 9.17) is 14.2 Å². The van der Waals surface area contributed by atoms with Gasteiger partial charge in [-0.25, -0.2) is 5.01 Å². The average molecular weight is 396 g/mol. The molecule has 0 atom stereocenters. The van der Waals surface area contributed by atoms with Crippen LogP contribution < -0.4 is 14.2 Å². The van der Waals surface area contributed by atoms with Gasteiger partial charge in [0.05, 0.1) is 32.6 Å². The third kappa shape index (κ3) is 4.36. The van der Waals surface area contributed by atoms with Gasteiger partial charge in [-0.15, -0.1) is 0 Å². The van der Waals surface area contributed by atoms with Gasteiger partial charge in [0.15, 0.2) is 11.5 Å². The summed E-state index contributed by atoms with van der Waals surface area (Å²) in [7, 11) is 3.21. The Hall–Kier alpha value is -3.02. The van der Waals surface area contributed by atoms with Crippen LogP contribution in [0.15, 0.2) is 47.6 Å². The highest BCUT2D eigenvalue weighted by Crippen LogP contribution is 2.35. The monoisotopic (exact) mass is 396 g/mol. The maximum absolute atomic E-state index is 13.1. The number of carbonyl (C=O) groups is 1. The summed E-state index contributed by atoms with van der Waals surface area (Å²) in [6, 6.07) is 12.9. The molecule has 0 spiro atoms. The van der Waals surface area contributed by atoms with Gasteiger partial charge in [0.1, 0.15) is 5.75 Å². The van der Waals surface area contributed by atoms with E-state index in [1.54, 1.807) is 26.4 Å². The molecule has 0 saturated heterocycles. The van der Waals surface area contributed by atoms with Gasteiger partial charge < -0.3 is 14.2 Å². The average Bonchev–Trinajstić information content (AvgIpc) is 3.01. The van der Waals surface area contributed by atoms with E-state index in [2.05, 4.69) is 18.9 Å². The van der Waals surface area contributed by atoms with E-state index < -0.39 is 0 Å². The lowest BCUT2D eigenvalue weighted by molar-refractivity contribution is 0.0753. The molecular weight excluding hydrogens is 368 g/mol. The fourth-order valence-electron chi connectivity index (χ4n) is 3.41. The van der Waals surface area contributed by atoms with Crippen LogP contribution in [-0.2, 0) is 0 Å². The van der Waals surface area contributed by atoms with Crippen molar-refractivity contribution in [3.63, 3.8) is 0 Å². The van der Waals surface area contributed by atoms with Crippen LogP contribution in [0.1, 0.15) is 43.6 Å². The van der Waals surface area contributed by atoms with Crippen LogP contribution in [0.3, 0.4) is 0 Å². The van der Waals surface area contributed by atoms with Gasteiger partial charge in [-0.3, -0.25) is 4.79 Å². The van der Waals surface area contributed by atoms with E-state index in [9.17, 15) is 4.79 Å². The third-order valence-corrected chi connectivity index (χ3v) is 4.75. The predicted molar refractivity (Wildman–Crippen MR) is 113 cm³/mol. The fourth-order valence-corrected chi connectivity index (χ4v) is 3.41. The second-order valence-electron chi connectivity index (χ2n) is 7.96. The molecule has 0 N–H and O–H groups in total. The third-order valence-electron chi connectivity index (χ3n) is 4.75. The van der Waals surface area contributed by atoms with Crippen LogP contribution in [0.5, 0.6) is 17.2 Å². The summed E-state index contributed by atoms with van der Waals surface area (Å²) in [6.45, 7) is 8.56. The molecule has 1 aliphatic heterocycles. The van der Waals surface area contributed by atoms with E-state index in [0.717, 1.165) is 11.3 Å². The Balaban J connectivity index is 1.91. The van der Waals surface area contributed by atoms with Crippen molar-refractivity contribution >= 4 is 11.6 Å². The van der Waals surface area contributed by atoms with E-state index in [1.165, 1.54) is 5.01 Å². The largest absolute Gasteiger partial charge is 0.493 e. The van der Waals surface area contributed by atoms with Crippen LogP contribution in [0.2, 0.25) is 0 Å². The summed E-state index contributed by atoms with van der Waals surface area (Å²) < 4.78 is 16.5. The van der Waals surface area contributed by atoms with Crippen LogP contribution in [0.4, 0.5) is 0 Å². The van der Waals surface area contributed by atoms with Crippen molar-refractivity contribution in [2.45, 2.75) is 33.8 Å². The second kappa shape index (κ2) is 8.15. The van der Waals surface area contributed by atoms with Gasteiger partial charge in [0.2, 0.25) is 0 Å². The number of hydrogen-bond donors (Lipinski definition) is 0. The summed E-state index contributed by atoms with van der Waals surface area (Å²) in [5, 5.41) is 6.20. The fraction of sp³-hybridized carbons (Fsp3) is 0.391.